The average Bonchev–Trinajstić information content (AvgIpc) is 3.36. The van der Waals surface area contributed by atoms with Gasteiger partial charge >= 0.3 is 0 Å². The van der Waals surface area contributed by atoms with Crippen LogP contribution >= 0.6 is 11.3 Å². The van der Waals surface area contributed by atoms with Crippen molar-refractivity contribution in [1.82, 2.24) is 4.98 Å². The molecule has 0 bridgehead atoms. The number of benzene rings is 2. The second-order valence-corrected chi connectivity index (χ2v) is 8.27. The third kappa shape index (κ3) is 4.33. The Hall–Kier alpha value is -2.47. The fourth-order valence-electron chi connectivity index (χ4n) is 3.65. The molecule has 1 aromatic heterocycles. The van der Waals surface area contributed by atoms with Crippen molar-refractivity contribution in [2.24, 2.45) is 0 Å². The molecule has 4 nitrogen and oxygen atoms in total. The van der Waals surface area contributed by atoms with E-state index in [0.717, 1.165) is 61.4 Å². The molecule has 0 radical (unpaired) electrons. The minimum absolute atomic E-state index is 0.130. The van der Waals surface area contributed by atoms with Gasteiger partial charge in [0.15, 0.2) is 0 Å². The van der Waals surface area contributed by atoms with Crippen LogP contribution in [0.2, 0.25) is 0 Å². The molecule has 1 N–H and O–H groups in total. The number of aromatic nitrogens is 1. The highest BCUT2D eigenvalue weighted by Gasteiger charge is 2.19. The first-order valence-electron chi connectivity index (χ1n) is 9.88. The molecule has 2 aromatic carbocycles. The van der Waals surface area contributed by atoms with Crippen LogP contribution < -0.4 is 10.2 Å². The van der Waals surface area contributed by atoms with Gasteiger partial charge in [0, 0.05) is 19.5 Å². The fraction of sp³-hybridized carbons (Fsp3) is 0.364. The molecule has 146 valence electrons. The second-order valence-electron chi connectivity index (χ2n) is 7.16. The van der Waals surface area contributed by atoms with Gasteiger partial charge in [-0.05, 0) is 56.4 Å². The maximum atomic E-state index is 14.3. The molecule has 0 atom stereocenters. The van der Waals surface area contributed by atoms with Gasteiger partial charge < -0.3 is 10.2 Å². The second kappa shape index (κ2) is 8.69. The molecular weight excluding hydrogens is 373 g/mol. The van der Waals surface area contributed by atoms with Gasteiger partial charge in [-0.3, -0.25) is 4.79 Å². The van der Waals surface area contributed by atoms with Gasteiger partial charge in [0.2, 0.25) is 5.91 Å². The Bertz CT molecular complexity index is 932. The summed E-state index contributed by atoms with van der Waals surface area (Å²) in [5, 5.41) is 3.91. The van der Waals surface area contributed by atoms with Crippen LogP contribution in [0, 0.1) is 5.82 Å². The van der Waals surface area contributed by atoms with Crippen molar-refractivity contribution in [3.8, 4) is 0 Å². The first-order valence-corrected chi connectivity index (χ1v) is 10.7. The number of thiazole rings is 1. The number of fused-ring (bicyclic) bond motifs is 1. The van der Waals surface area contributed by atoms with Crippen LogP contribution in [0.15, 0.2) is 42.5 Å². The number of para-hydroxylation sites is 2. The lowest BCUT2D eigenvalue weighted by Crippen LogP contribution is -2.21. The number of unbranched alkanes of at least 4 members (excludes halogenated alkanes) is 1. The molecule has 3 aromatic rings. The van der Waals surface area contributed by atoms with Crippen LogP contribution in [0.5, 0.6) is 0 Å². The number of hydrogen-bond acceptors (Lipinski definition) is 4. The zero-order valence-corrected chi connectivity index (χ0v) is 16.6. The molecular formula is C22H24FN3OS. The van der Waals surface area contributed by atoms with Crippen LogP contribution in [0.1, 0.15) is 37.1 Å². The van der Waals surface area contributed by atoms with Crippen molar-refractivity contribution in [2.75, 3.05) is 23.3 Å². The molecule has 0 unspecified atom stereocenters. The Labute approximate surface area is 168 Å². The molecule has 28 heavy (non-hydrogen) atoms. The Morgan fingerprint density at radius 3 is 2.75 bits per heavy atom. The van der Waals surface area contributed by atoms with E-state index in [0.29, 0.717) is 12.1 Å². The summed E-state index contributed by atoms with van der Waals surface area (Å²) in [6, 6.07) is 13.1. The van der Waals surface area contributed by atoms with Crippen molar-refractivity contribution in [3.05, 3.63) is 53.3 Å². The maximum absolute atomic E-state index is 14.3. The molecule has 1 amide bonds. The van der Waals surface area contributed by atoms with Gasteiger partial charge in [-0.2, -0.15) is 0 Å². The molecule has 0 saturated carbocycles. The van der Waals surface area contributed by atoms with Gasteiger partial charge in [-0.25, -0.2) is 9.37 Å². The number of nitrogens with zero attached hydrogens (tertiary/aromatic N) is 2. The van der Waals surface area contributed by atoms with E-state index in [2.05, 4.69) is 21.3 Å². The van der Waals surface area contributed by atoms with E-state index in [9.17, 15) is 9.18 Å². The lowest BCUT2D eigenvalue weighted by molar-refractivity contribution is -0.116. The third-order valence-electron chi connectivity index (χ3n) is 5.09. The van der Waals surface area contributed by atoms with Crippen molar-refractivity contribution in [2.45, 2.75) is 38.5 Å². The summed E-state index contributed by atoms with van der Waals surface area (Å²) < 4.78 is 15.5. The quantitative estimate of drug-likeness (QED) is 0.544. The lowest BCUT2D eigenvalue weighted by atomic mass is 10.1. The molecule has 1 saturated heterocycles. The van der Waals surface area contributed by atoms with Gasteiger partial charge in [0.05, 0.1) is 20.9 Å². The third-order valence-corrected chi connectivity index (χ3v) is 6.18. The van der Waals surface area contributed by atoms with Crippen molar-refractivity contribution < 1.29 is 9.18 Å². The van der Waals surface area contributed by atoms with Gasteiger partial charge in [0.25, 0.3) is 0 Å². The molecule has 1 aliphatic heterocycles. The lowest BCUT2D eigenvalue weighted by Gasteiger charge is -2.22. The van der Waals surface area contributed by atoms with Gasteiger partial charge in [-0.15, -0.1) is 11.3 Å². The van der Waals surface area contributed by atoms with E-state index in [1.807, 2.05) is 24.3 Å². The highest BCUT2D eigenvalue weighted by Crippen LogP contribution is 2.31. The van der Waals surface area contributed by atoms with Crippen molar-refractivity contribution in [1.29, 1.82) is 0 Å². The number of aryl methyl sites for hydroxylation is 1. The van der Waals surface area contributed by atoms with Crippen molar-refractivity contribution in [3.63, 3.8) is 0 Å². The highest BCUT2D eigenvalue weighted by molar-refractivity contribution is 7.18. The topological polar surface area (TPSA) is 45.2 Å². The molecule has 4 rings (SSSR count). The SMILES string of the molecule is O=C(CCCCc1nc2ccccc2s1)Nc1c(F)cccc1N1CCCC1. The number of carbonyl (C=O) groups is 1. The summed E-state index contributed by atoms with van der Waals surface area (Å²) in [4.78, 5) is 19.1. The van der Waals surface area contributed by atoms with Crippen LogP contribution in [-0.4, -0.2) is 24.0 Å². The zero-order chi connectivity index (χ0) is 19.3. The minimum Gasteiger partial charge on any atom is -0.370 e. The monoisotopic (exact) mass is 397 g/mol. The number of rotatable bonds is 7. The molecule has 0 spiro atoms. The summed E-state index contributed by atoms with van der Waals surface area (Å²) >= 11 is 1.71. The smallest absolute Gasteiger partial charge is 0.224 e. The van der Waals surface area contributed by atoms with Crippen LogP contribution in [0.25, 0.3) is 10.2 Å². The molecule has 1 aliphatic rings. The van der Waals surface area contributed by atoms with E-state index in [4.69, 9.17) is 0 Å². The van der Waals surface area contributed by atoms with E-state index in [1.54, 1.807) is 17.4 Å². The van der Waals surface area contributed by atoms with Gasteiger partial charge in [-0.1, -0.05) is 18.2 Å². The van der Waals surface area contributed by atoms with Gasteiger partial charge in [0.1, 0.15) is 11.5 Å². The number of carbonyl (C=O) groups excluding carboxylic acids is 1. The number of halogens is 1. The standard InChI is InChI=1S/C22H24FN3OS/c23-16-8-7-10-18(26-14-5-6-15-26)22(16)25-20(27)12-3-4-13-21-24-17-9-1-2-11-19(17)28-21/h1-2,7-11H,3-6,12-15H2,(H,25,27). The zero-order valence-electron chi connectivity index (χ0n) is 15.8. The number of amides is 1. The Kier molecular flexibility index (Phi) is 5.86. The number of nitrogens with one attached hydrogen (secondary N) is 1. The molecule has 6 heteroatoms. The molecule has 2 heterocycles. The van der Waals surface area contributed by atoms with E-state index < -0.39 is 0 Å². The molecule has 0 aliphatic carbocycles. The highest BCUT2D eigenvalue weighted by atomic mass is 32.1. The van der Waals surface area contributed by atoms with Crippen LogP contribution in [0.3, 0.4) is 0 Å². The Balaban J connectivity index is 1.30. The first-order chi connectivity index (χ1) is 13.7. The van der Waals surface area contributed by atoms with E-state index in [-0.39, 0.29) is 11.7 Å². The van der Waals surface area contributed by atoms with E-state index >= 15 is 0 Å². The summed E-state index contributed by atoms with van der Waals surface area (Å²) in [5.41, 5.74) is 2.15. The molecule has 1 fully saturated rings. The maximum Gasteiger partial charge on any atom is 0.224 e. The summed E-state index contributed by atoms with van der Waals surface area (Å²) in [6.07, 6.45) is 5.12. The summed E-state index contributed by atoms with van der Waals surface area (Å²) in [6.45, 7) is 1.82. The number of hydrogen-bond donors (Lipinski definition) is 1. The summed E-state index contributed by atoms with van der Waals surface area (Å²) in [5.74, 6) is -0.498. The van der Waals surface area contributed by atoms with Crippen LogP contribution in [0.4, 0.5) is 15.8 Å². The fourth-order valence-corrected chi connectivity index (χ4v) is 4.66. The Morgan fingerprint density at radius 1 is 1.11 bits per heavy atom. The predicted octanol–water partition coefficient (Wildman–Crippen LogP) is 5.39. The number of anilines is 2. The predicted molar refractivity (Wildman–Crippen MR) is 114 cm³/mol. The first kappa shape index (κ1) is 18.9. The largest absolute Gasteiger partial charge is 0.370 e. The Morgan fingerprint density at radius 2 is 1.93 bits per heavy atom. The van der Waals surface area contributed by atoms with Crippen LogP contribution in [-0.2, 0) is 11.2 Å². The summed E-state index contributed by atoms with van der Waals surface area (Å²) in [7, 11) is 0. The minimum atomic E-state index is -0.368. The normalized spacial score (nSPS) is 14.0. The average molecular weight is 398 g/mol. The van der Waals surface area contributed by atoms with E-state index in [1.165, 1.54) is 10.8 Å². The van der Waals surface area contributed by atoms with Crippen molar-refractivity contribution >= 4 is 38.8 Å².